The minimum atomic E-state index is -0.986. The van der Waals surface area contributed by atoms with Crippen LogP contribution in [0.3, 0.4) is 0 Å². The fourth-order valence-electron chi connectivity index (χ4n) is 2.69. The van der Waals surface area contributed by atoms with Crippen molar-refractivity contribution in [2.24, 2.45) is 11.7 Å². The van der Waals surface area contributed by atoms with Crippen molar-refractivity contribution in [3.05, 3.63) is 71.4 Å². The van der Waals surface area contributed by atoms with Gasteiger partial charge in [0, 0.05) is 23.9 Å². The van der Waals surface area contributed by atoms with E-state index in [4.69, 9.17) is 27.2 Å². The highest BCUT2D eigenvalue weighted by atomic mass is 35.5. The molecule has 0 heterocycles. The first-order chi connectivity index (χ1) is 15.6. The average molecular weight is 478 g/mol. The second-order valence-electron chi connectivity index (χ2n) is 7.59. The highest BCUT2D eigenvalue weighted by Crippen LogP contribution is 2.21. The molecule has 0 aromatic carbocycles. The lowest BCUT2D eigenvalue weighted by Gasteiger charge is -2.13. The van der Waals surface area contributed by atoms with Crippen LogP contribution in [0.2, 0.25) is 0 Å². The Balaban J connectivity index is 4.41. The number of aliphatic carboxylic acids is 1. The lowest BCUT2D eigenvalue weighted by molar-refractivity contribution is -0.131. The zero-order valence-corrected chi connectivity index (χ0v) is 20.5. The quantitative estimate of drug-likeness (QED) is 0.152. The molecule has 0 saturated carbocycles. The number of carbonyl (C=O) groups is 3. The van der Waals surface area contributed by atoms with Crippen molar-refractivity contribution in [3.63, 3.8) is 0 Å². The third kappa shape index (κ3) is 18.4. The maximum Gasteiger partial charge on any atom is 0.405 e. The fourth-order valence-corrected chi connectivity index (χ4v) is 2.87. The largest absolute Gasteiger partial charge is 0.478 e. The molecule has 0 aliphatic rings. The molecule has 2 unspecified atom stereocenters. The van der Waals surface area contributed by atoms with E-state index < -0.39 is 18.2 Å². The number of ketones is 1. The van der Waals surface area contributed by atoms with Crippen LogP contribution in [0.4, 0.5) is 4.79 Å². The molecule has 0 radical (unpaired) electrons. The number of amides is 1. The number of ether oxygens (including phenoxy) is 1. The van der Waals surface area contributed by atoms with Crippen molar-refractivity contribution in [3.8, 4) is 0 Å². The molecular formula is C26H36ClNO5. The van der Waals surface area contributed by atoms with Crippen LogP contribution < -0.4 is 5.73 Å². The van der Waals surface area contributed by atoms with Crippen LogP contribution in [0.15, 0.2) is 71.4 Å². The zero-order chi connectivity index (χ0) is 25.1. The maximum atomic E-state index is 12.2. The molecule has 0 aliphatic carbocycles. The van der Waals surface area contributed by atoms with Crippen LogP contribution in [0.5, 0.6) is 0 Å². The number of nitrogens with two attached hydrogens (primary N) is 1. The minimum Gasteiger partial charge on any atom is -0.478 e. The second-order valence-corrected chi connectivity index (χ2v) is 8.02. The lowest BCUT2D eigenvalue weighted by atomic mass is 9.99. The molecule has 0 aliphatic heterocycles. The summed E-state index contributed by atoms with van der Waals surface area (Å²) in [7, 11) is 0. The molecule has 0 spiro atoms. The standard InChI is InChI=1S/C26H36ClNO5/c1-4-5-14-23(33-26(28)32)15-10-13-22(29)19-18-21(3)24(27)16-8-6-11-20(2)12-7-9-17-25(30)31/h5-9,11-12,14,16-17,21,23H,4,10,13,15,18-19H2,1-3H3,(H2,28,32)(H,30,31)/b8-6+,12-7+,14-5+,17-9+,20-11+,24-16-. The van der Waals surface area contributed by atoms with E-state index in [0.29, 0.717) is 37.1 Å². The molecule has 0 bridgehead atoms. The van der Waals surface area contributed by atoms with Crippen molar-refractivity contribution in [1.29, 1.82) is 0 Å². The topological polar surface area (TPSA) is 107 Å². The second kappa shape index (κ2) is 18.7. The van der Waals surface area contributed by atoms with Crippen LogP contribution in [-0.2, 0) is 14.3 Å². The Morgan fingerprint density at radius 2 is 1.70 bits per heavy atom. The first-order valence-electron chi connectivity index (χ1n) is 11.1. The molecule has 1 amide bonds. The van der Waals surface area contributed by atoms with Gasteiger partial charge in [0.15, 0.2) is 0 Å². The summed E-state index contributed by atoms with van der Waals surface area (Å²) in [5.41, 5.74) is 6.04. The predicted octanol–water partition coefficient (Wildman–Crippen LogP) is 6.39. The summed E-state index contributed by atoms with van der Waals surface area (Å²) in [4.78, 5) is 33.5. The molecule has 0 fully saturated rings. The molecule has 0 saturated heterocycles. The smallest absolute Gasteiger partial charge is 0.405 e. The number of carboxylic acid groups (broad SMARTS) is 1. The van der Waals surface area contributed by atoms with Crippen LogP contribution in [-0.4, -0.2) is 29.1 Å². The Kier molecular flexibility index (Phi) is 17.1. The van der Waals surface area contributed by atoms with Crippen molar-refractivity contribution < 1.29 is 24.2 Å². The van der Waals surface area contributed by atoms with Crippen LogP contribution in [0.1, 0.15) is 59.3 Å². The SMILES string of the molecule is CC/C=C/C(CCCC(=O)CCC(C)/C(Cl)=C/C=C/C=C(C)/C=C/C=C/C(=O)O)OC(N)=O. The Morgan fingerprint density at radius 3 is 2.33 bits per heavy atom. The van der Waals surface area contributed by atoms with Crippen molar-refractivity contribution in [2.45, 2.75) is 65.4 Å². The summed E-state index contributed by atoms with van der Waals surface area (Å²) in [6.07, 6.45) is 19.4. The average Bonchev–Trinajstić information content (AvgIpc) is 2.75. The van der Waals surface area contributed by atoms with E-state index in [1.54, 1.807) is 24.3 Å². The van der Waals surface area contributed by atoms with Gasteiger partial charge in [-0.1, -0.05) is 73.6 Å². The molecule has 0 rings (SSSR count). The van der Waals surface area contributed by atoms with Gasteiger partial charge in [-0.05, 0) is 50.7 Å². The van der Waals surface area contributed by atoms with E-state index in [1.807, 2.05) is 45.1 Å². The van der Waals surface area contributed by atoms with Gasteiger partial charge in [-0.15, -0.1) is 0 Å². The third-order valence-electron chi connectivity index (χ3n) is 4.56. The van der Waals surface area contributed by atoms with E-state index in [0.717, 1.165) is 18.1 Å². The van der Waals surface area contributed by atoms with Gasteiger partial charge in [-0.25, -0.2) is 9.59 Å². The van der Waals surface area contributed by atoms with Gasteiger partial charge in [0.05, 0.1) is 0 Å². The predicted molar refractivity (Wildman–Crippen MR) is 134 cm³/mol. The lowest BCUT2D eigenvalue weighted by Crippen LogP contribution is -2.21. The first-order valence-corrected chi connectivity index (χ1v) is 11.5. The number of halogens is 1. The summed E-state index contributed by atoms with van der Waals surface area (Å²) in [6, 6.07) is 0. The molecule has 3 N–H and O–H groups in total. The molecule has 33 heavy (non-hydrogen) atoms. The van der Waals surface area contributed by atoms with Crippen molar-refractivity contribution >= 4 is 29.4 Å². The first kappa shape index (κ1) is 30.1. The summed E-state index contributed by atoms with van der Waals surface area (Å²) < 4.78 is 5.04. The van der Waals surface area contributed by atoms with Crippen molar-refractivity contribution in [2.75, 3.05) is 0 Å². The Bertz CT molecular complexity index is 805. The highest BCUT2D eigenvalue weighted by molar-refractivity contribution is 6.29. The van der Waals surface area contributed by atoms with Gasteiger partial charge in [0.2, 0.25) is 0 Å². The van der Waals surface area contributed by atoms with Crippen LogP contribution >= 0.6 is 11.6 Å². The van der Waals surface area contributed by atoms with E-state index in [9.17, 15) is 14.4 Å². The van der Waals surface area contributed by atoms with E-state index in [2.05, 4.69) is 0 Å². The molecule has 2 atom stereocenters. The van der Waals surface area contributed by atoms with Gasteiger partial charge >= 0.3 is 12.1 Å². The molecule has 182 valence electrons. The van der Waals surface area contributed by atoms with Gasteiger partial charge in [-0.3, -0.25) is 4.79 Å². The fraction of sp³-hybridized carbons (Fsp3) is 0.423. The zero-order valence-electron chi connectivity index (χ0n) is 19.7. The normalized spacial score (nSPS) is 15.0. The summed E-state index contributed by atoms with van der Waals surface area (Å²) >= 11 is 6.34. The van der Waals surface area contributed by atoms with Crippen LogP contribution in [0, 0.1) is 5.92 Å². The number of carboxylic acids is 1. The third-order valence-corrected chi connectivity index (χ3v) is 5.06. The Hall–Kier alpha value is -2.86. The van der Waals surface area contributed by atoms with Gasteiger partial charge < -0.3 is 15.6 Å². The summed E-state index contributed by atoms with van der Waals surface area (Å²) in [5.74, 6) is -0.772. The molecule has 6 nitrogen and oxygen atoms in total. The number of primary amides is 1. The number of allylic oxidation sites excluding steroid dienone is 10. The highest BCUT2D eigenvalue weighted by Gasteiger charge is 2.12. The van der Waals surface area contributed by atoms with E-state index >= 15 is 0 Å². The van der Waals surface area contributed by atoms with E-state index in [1.165, 1.54) is 6.08 Å². The Morgan fingerprint density at radius 1 is 1.03 bits per heavy atom. The minimum absolute atomic E-state index is 0.0600. The molecule has 0 aromatic heterocycles. The van der Waals surface area contributed by atoms with Crippen LogP contribution in [0.25, 0.3) is 0 Å². The van der Waals surface area contributed by atoms with E-state index in [-0.39, 0.29) is 11.7 Å². The number of hydrogen-bond acceptors (Lipinski definition) is 4. The molecule has 7 heteroatoms. The number of hydrogen-bond donors (Lipinski definition) is 2. The number of Topliss-reactive ketones (excluding diaryl/α,β-unsaturated/α-hetero) is 1. The molecule has 0 aromatic rings. The monoisotopic (exact) mass is 477 g/mol. The van der Waals surface area contributed by atoms with Gasteiger partial charge in [0.25, 0.3) is 0 Å². The van der Waals surface area contributed by atoms with Gasteiger partial charge in [0.1, 0.15) is 11.9 Å². The Labute approximate surface area is 202 Å². The summed E-state index contributed by atoms with van der Waals surface area (Å²) in [5, 5.41) is 9.19. The summed E-state index contributed by atoms with van der Waals surface area (Å²) in [6.45, 7) is 5.86. The maximum absolute atomic E-state index is 12.2. The number of rotatable bonds is 16. The van der Waals surface area contributed by atoms with Gasteiger partial charge in [-0.2, -0.15) is 0 Å². The number of carbonyl (C=O) groups excluding carboxylic acids is 2. The molecular weight excluding hydrogens is 442 g/mol. The van der Waals surface area contributed by atoms with Crippen molar-refractivity contribution in [1.82, 2.24) is 0 Å².